The van der Waals surface area contributed by atoms with Gasteiger partial charge in [0.15, 0.2) is 0 Å². The van der Waals surface area contributed by atoms with Crippen molar-refractivity contribution in [3.63, 3.8) is 0 Å². The highest BCUT2D eigenvalue weighted by atomic mass is 19.4. The molecule has 0 aliphatic carbocycles. The number of benzene rings is 1. The first-order valence-corrected chi connectivity index (χ1v) is 5.89. The van der Waals surface area contributed by atoms with Crippen LogP contribution in [0.4, 0.5) is 13.2 Å². The van der Waals surface area contributed by atoms with Gasteiger partial charge in [-0.3, -0.25) is 4.79 Å². The number of carbonyl (C=O) groups excluding carboxylic acids is 1. The molecule has 0 radical (unpaired) electrons. The van der Waals surface area contributed by atoms with Crippen molar-refractivity contribution in [1.82, 2.24) is 5.32 Å². The second-order valence-corrected chi connectivity index (χ2v) is 4.11. The smallest absolute Gasteiger partial charge is 0.384 e. The zero-order valence-electron chi connectivity index (χ0n) is 10.8. The fraction of sp³-hybridized carbons (Fsp3) is 0.357. The monoisotopic (exact) mass is 285 g/mol. The van der Waals surface area contributed by atoms with Gasteiger partial charge >= 0.3 is 6.18 Å². The minimum Gasteiger partial charge on any atom is -0.384 e. The van der Waals surface area contributed by atoms with E-state index in [1.807, 2.05) is 0 Å². The van der Waals surface area contributed by atoms with E-state index in [4.69, 9.17) is 5.11 Å². The van der Waals surface area contributed by atoms with Gasteiger partial charge in [0.25, 0.3) is 5.91 Å². The Bertz CT molecular complexity index is 542. The zero-order chi connectivity index (χ0) is 15.2. The number of alkyl halides is 3. The van der Waals surface area contributed by atoms with Crippen LogP contribution < -0.4 is 5.32 Å². The van der Waals surface area contributed by atoms with Crippen LogP contribution in [0.2, 0.25) is 0 Å². The third kappa shape index (κ3) is 5.33. The van der Waals surface area contributed by atoms with Crippen LogP contribution in [0.1, 0.15) is 27.9 Å². The van der Waals surface area contributed by atoms with Crippen molar-refractivity contribution in [2.24, 2.45) is 0 Å². The maximum atomic E-state index is 12.0. The Morgan fingerprint density at radius 1 is 1.40 bits per heavy atom. The SMILES string of the molecule is Cc1ccc(C#CCO)cc1C(=O)NCCC(F)(F)F. The number of aliphatic hydroxyl groups is 1. The van der Waals surface area contributed by atoms with Gasteiger partial charge in [0, 0.05) is 17.7 Å². The average Bonchev–Trinajstić information content (AvgIpc) is 2.36. The molecule has 0 atom stereocenters. The summed E-state index contributed by atoms with van der Waals surface area (Å²) in [6.45, 7) is 0.914. The average molecular weight is 285 g/mol. The minimum atomic E-state index is -4.29. The van der Waals surface area contributed by atoms with Gasteiger partial charge in [-0.25, -0.2) is 0 Å². The van der Waals surface area contributed by atoms with Crippen LogP contribution >= 0.6 is 0 Å². The molecule has 6 heteroatoms. The number of aryl methyl sites for hydroxylation is 1. The van der Waals surface area contributed by atoms with Crippen molar-refractivity contribution in [3.05, 3.63) is 34.9 Å². The first-order chi connectivity index (χ1) is 9.33. The first-order valence-electron chi connectivity index (χ1n) is 5.89. The number of rotatable bonds is 3. The van der Waals surface area contributed by atoms with E-state index in [1.54, 1.807) is 19.1 Å². The summed E-state index contributed by atoms with van der Waals surface area (Å²) >= 11 is 0. The van der Waals surface area contributed by atoms with Crippen LogP contribution in [0.25, 0.3) is 0 Å². The van der Waals surface area contributed by atoms with Crippen molar-refractivity contribution in [3.8, 4) is 11.8 Å². The molecule has 1 amide bonds. The molecular weight excluding hydrogens is 271 g/mol. The Kier molecular flexibility index (Phi) is 5.59. The van der Waals surface area contributed by atoms with Gasteiger partial charge in [-0.05, 0) is 24.6 Å². The van der Waals surface area contributed by atoms with Crippen molar-refractivity contribution in [2.45, 2.75) is 19.5 Å². The standard InChI is InChI=1S/C14H14F3NO2/c1-10-4-5-11(3-2-8-19)9-12(10)13(20)18-7-6-14(15,16)17/h4-5,9,19H,6-8H2,1H3,(H,18,20). The predicted molar refractivity (Wildman–Crippen MR) is 68.1 cm³/mol. The highest BCUT2D eigenvalue weighted by Crippen LogP contribution is 2.18. The molecule has 0 saturated carbocycles. The third-order valence-corrected chi connectivity index (χ3v) is 2.49. The lowest BCUT2D eigenvalue weighted by atomic mass is 10.0. The number of nitrogens with one attached hydrogen (secondary N) is 1. The minimum absolute atomic E-state index is 0.275. The van der Waals surface area contributed by atoms with E-state index in [0.717, 1.165) is 0 Å². The summed E-state index contributed by atoms with van der Waals surface area (Å²) in [5, 5.41) is 10.8. The van der Waals surface area contributed by atoms with Gasteiger partial charge in [-0.1, -0.05) is 17.9 Å². The van der Waals surface area contributed by atoms with Crippen LogP contribution in [0.3, 0.4) is 0 Å². The lowest BCUT2D eigenvalue weighted by Crippen LogP contribution is -2.28. The van der Waals surface area contributed by atoms with Crippen LogP contribution in [0.5, 0.6) is 0 Å². The Morgan fingerprint density at radius 2 is 2.10 bits per heavy atom. The summed E-state index contributed by atoms with van der Waals surface area (Å²) in [7, 11) is 0. The van der Waals surface area contributed by atoms with E-state index >= 15 is 0 Å². The summed E-state index contributed by atoms with van der Waals surface area (Å²) in [5.41, 5.74) is 1.44. The van der Waals surface area contributed by atoms with Crippen molar-refractivity contribution in [1.29, 1.82) is 0 Å². The highest BCUT2D eigenvalue weighted by Gasteiger charge is 2.26. The maximum Gasteiger partial charge on any atom is 0.390 e. The number of aliphatic hydroxyl groups excluding tert-OH is 1. The molecule has 1 aromatic carbocycles. The molecule has 108 valence electrons. The van der Waals surface area contributed by atoms with Gasteiger partial charge in [0.1, 0.15) is 6.61 Å². The lowest BCUT2D eigenvalue weighted by Gasteiger charge is -2.09. The summed E-state index contributed by atoms with van der Waals surface area (Å²) in [6, 6.07) is 4.81. The molecule has 0 bridgehead atoms. The Morgan fingerprint density at radius 3 is 2.70 bits per heavy atom. The van der Waals surface area contributed by atoms with Gasteiger partial charge in [-0.15, -0.1) is 0 Å². The van der Waals surface area contributed by atoms with Crippen LogP contribution in [-0.4, -0.2) is 30.3 Å². The van der Waals surface area contributed by atoms with Gasteiger partial charge in [-0.2, -0.15) is 13.2 Å². The summed E-state index contributed by atoms with van der Waals surface area (Å²) in [5.74, 6) is 4.51. The van der Waals surface area contributed by atoms with E-state index < -0.39 is 25.0 Å². The summed E-state index contributed by atoms with van der Waals surface area (Å²) < 4.78 is 36.0. The quantitative estimate of drug-likeness (QED) is 0.835. The molecule has 0 aliphatic heterocycles. The second kappa shape index (κ2) is 6.96. The molecule has 2 N–H and O–H groups in total. The number of amides is 1. The van der Waals surface area contributed by atoms with E-state index in [9.17, 15) is 18.0 Å². The number of carbonyl (C=O) groups is 1. The molecule has 0 fully saturated rings. The maximum absolute atomic E-state index is 12.0. The van der Waals surface area contributed by atoms with E-state index in [2.05, 4.69) is 17.2 Å². The Balaban J connectivity index is 2.76. The molecule has 20 heavy (non-hydrogen) atoms. The summed E-state index contributed by atoms with van der Waals surface area (Å²) in [6.07, 6.45) is -5.36. The fourth-order valence-corrected chi connectivity index (χ4v) is 1.50. The molecule has 1 rings (SSSR count). The van der Waals surface area contributed by atoms with E-state index in [-0.39, 0.29) is 12.2 Å². The normalized spacial score (nSPS) is 10.7. The Hall–Kier alpha value is -2.00. The molecule has 0 heterocycles. The fourth-order valence-electron chi connectivity index (χ4n) is 1.50. The molecule has 0 aromatic heterocycles. The number of hydrogen-bond acceptors (Lipinski definition) is 2. The van der Waals surface area contributed by atoms with Gasteiger partial charge in [0.05, 0.1) is 6.42 Å². The predicted octanol–water partition coefficient (Wildman–Crippen LogP) is 2.02. The van der Waals surface area contributed by atoms with E-state index in [0.29, 0.717) is 11.1 Å². The molecule has 0 spiro atoms. The number of halogens is 3. The number of hydrogen-bond donors (Lipinski definition) is 2. The molecule has 1 aromatic rings. The molecule has 3 nitrogen and oxygen atoms in total. The topological polar surface area (TPSA) is 49.3 Å². The lowest BCUT2D eigenvalue weighted by molar-refractivity contribution is -0.132. The van der Waals surface area contributed by atoms with Gasteiger partial charge < -0.3 is 10.4 Å². The molecule has 0 aliphatic rings. The van der Waals surface area contributed by atoms with Crippen molar-refractivity contribution in [2.75, 3.05) is 13.2 Å². The Labute approximate surface area is 114 Å². The second-order valence-electron chi connectivity index (χ2n) is 4.11. The molecular formula is C14H14F3NO2. The van der Waals surface area contributed by atoms with E-state index in [1.165, 1.54) is 6.07 Å². The first kappa shape index (κ1) is 16.1. The van der Waals surface area contributed by atoms with Crippen LogP contribution in [0, 0.1) is 18.8 Å². The summed E-state index contributed by atoms with van der Waals surface area (Å²) in [4.78, 5) is 11.8. The van der Waals surface area contributed by atoms with Crippen molar-refractivity contribution >= 4 is 5.91 Å². The zero-order valence-corrected chi connectivity index (χ0v) is 10.8. The van der Waals surface area contributed by atoms with Gasteiger partial charge in [0.2, 0.25) is 0 Å². The molecule has 0 saturated heterocycles. The van der Waals surface area contributed by atoms with Crippen molar-refractivity contribution < 1.29 is 23.1 Å². The van der Waals surface area contributed by atoms with Crippen LogP contribution in [0.15, 0.2) is 18.2 Å². The highest BCUT2D eigenvalue weighted by molar-refractivity contribution is 5.96. The largest absolute Gasteiger partial charge is 0.390 e. The molecule has 0 unspecified atom stereocenters. The third-order valence-electron chi connectivity index (χ3n) is 2.49. The van der Waals surface area contributed by atoms with Crippen LogP contribution in [-0.2, 0) is 0 Å².